The van der Waals surface area contributed by atoms with Crippen LogP contribution in [0, 0.1) is 5.92 Å². The zero-order chi connectivity index (χ0) is 14.4. The quantitative estimate of drug-likeness (QED) is 0.770. The summed E-state index contributed by atoms with van der Waals surface area (Å²) in [6.07, 6.45) is 2.22. The van der Waals surface area contributed by atoms with E-state index in [-0.39, 0.29) is 11.9 Å². The summed E-state index contributed by atoms with van der Waals surface area (Å²) in [7, 11) is 0. The molecule has 1 aliphatic heterocycles. The van der Waals surface area contributed by atoms with Gasteiger partial charge in [0.2, 0.25) is 5.91 Å². The molecular formula is C15H31N3O. The molecule has 4 heteroatoms. The first-order valence-corrected chi connectivity index (χ1v) is 7.74. The lowest BCUT2D eigenvalue weighted by Gasteiger charge is -2.39. The van der Waals surface area contributed by atoms with Crippen molar-refractivity contribution in [3.05, 3.63) is 0 Å². The Morgan fingerprint density at radius 2 is 2.00 bits per heavy atom. The summed E-state index contributed by atoms with van der Waals surface area (Å²) in [5, 5.41) is 6.66. The highest BCUT2D eigenvalue weighted by Gasteiger charge is 2.27. The molecule has 0 radical (unpaired) electrons. The molecule has 1 rings (SSSR count). The van der Waals surface area contributed by atoms with Gasteiger partial charge in [0.05, 0.1) is 6.54 Å². The maximum atomic E-state index is 12.1. The van der Waals surface area contributed by atoms with Gasteiger partial charge < -0.3 is 10.6 Å². The summed E-state index contributed by atoms with van der Waals surface area (Å²) < 4.78 is 0. The second kappa shape index (κ2) is 7.85. The van der Waals surface area contributed by atoms with E-state index in [1.807, 2.05) is 0 Å². The molecule has 3 unspecified atom stereocenters. The average Bonchev–Trinajstić information content (AvgIpc) is 2.38. The summed E-state index contributed by atoms with van der Waals surface area (Å²) in [5.41, 5.74) is 0. The van der Waals surface area contributed by atoms with Gasteiger partial charge in [-0.15, -0.1) is 0 Å². The Hall–Kier alpha value is -0.610. The molecule has 1 fully saturated rings. The number of amides is 1. The molecule has 0 aromatic carbocycles. The molecule has 1 aliphatic rings. The highest BCUT2D eigenvalue weighted by molar-refractivity contribution is 5.78. The van der Waals surface area contributed by atoms with Gasteiger partial charge in [0.25, 0.3) is 0 Å². The van der Waals surface area contributed by atoms with Crippen molar-refractivity contribution in [1.29, 1.82) is 0 Å². The Bertz CT molecular complexity index is 281. The summed E-state index contributed by atoms with van der Waals surface area (Å²) in [4.78, 5) is 14.4. The summed E-state index contributed by atoms with van der Waals surface area (Å²) >= 11 is 0. The van der Waals surface area contributed by atoms with Gasteiger partial charge in [-0.2, -0.15) is 0 Å². The van der Waals surface area contributed by atoms with Crippen molar-refractivity contribution in [3.63, 3.8) is 0 Å². The van der Waals surface area contributed by atoms with Crippen LogP contribution in [-0.2, 0) is 4.79 Å². The van der Waals surface area contributed by atoms with Crippen LogP contribution in [0.15, 0.2) is 0 Å². The van der Waals surface area contributed by atoms with Crippen LogP contribution in [0.3, 0.4) is 0 Å². The maximum absolute atomic E-state index is 12.1. The SMILES string of the molecule is CCC1CN(CC(=O)NC(C)C(C)C)C(CC)CN1. The predicted molar refractivity (Wildman–Crippen MR) is 80.2 cm³/mol. The predicted octanol–water partition coefficient (Wildman–Crippen LogP) is 1.61. The van der Waals surface area contributed by atoms with E-state index in [0.717, 1.165) is 25.9 Å². The van der Waals surface area contributed by atoms with E-state index in [9.17, 15) is 4.79 Å². The van der Waals surface area contributed by atoms with Crippen LogP contribution in [0.4, 0.5) is 0 Å². The van der Waals surface area contributed by atoms with Crippen molar-refractivity contribution in [2.75, 3.05) is 19.6 Å². The second-order valence-corrected chi connectivity index (χ2v) is 6.11. The van der Waals surface area contributed by atoms with Crippen molar-refractivity contribution < 1.29 is 4.79 Å². The number of carbonyl (C=O) groups excluding carboxylic acids is 1. The monoisotopic (exact) mass is 269 g/mol. The van der Waals surface area contributed by atoms with E-state index in [2.05, 4.69) is 50.2 Å². The van der Waals surface area contributed by atoms with Gasteiger partial charge in [-0.3, -0.25) is 9.69 Å². The third-order valence-corrected chi connectivity index (χ3v) is 4.31. The Labute approximate surface area is 118 Å². The number of nitrogens with one attached hydrogen (secondary N) is 2. The minimum Gasteiger partial charge on any atom is -0.352 e. The molecule has 4 nitrogen and oxygen atoms in total. The van der Waals surface area contributed by atoms with E-state index < -0.39 is 0 Å². The first kappa shape index (κ1) is 16.4. The molecular weight excluding hydrogens is 238 g/mol. The van der Waals surface area contributed by atoms with Gasteiger partial charge in [-0.05, 0) is 25.7 Å². The molecule has 1 amide bonds. The smallest absolute Gasteiger partial charge is 0.234 e. The van der Waals surface area contributed by atoms with Crippen molar-refractivity contribution in [1.82, 2.24) is 15.5 Å². The molecule has 1 heterocycles. The molecule has 1 saturated heterocycles. The second-order valence-electron chi connectivity index (χ2n) is 6.11. The van der Waals surface area contributed by atoms with Crippen LogP contribution in [0.1, 0.15) is 47.5 Å². The van der Waals surface area contributed by atoms with Gasteiger partial charge in [0.1, 0.15) is 0 Å². The standard InChI is InChI=1S/C15H31N3O/c1-6-13-9-18(14(7-2)8-16-13)10-15(19)17-12(5)11(3)4/h11-14,16H,6-10H2,1-5H3,(H,17,19). The number of hydrogen-bond acceptors (Lipinski definition) is 3. The fourth-order valence-electron chi connectivity index (χ4n) is 2.45. The summed E-state index contributed by atoms with van der Waals surface area (Å²) in [6.45, 7) is 13.3. The normalized spacial score (nSPS) is 26.4. The molecule has 0 aromatic heterocycles. The number of nitrogens with zero attached hydrogens (tertiary/aromatic N) is 1. The molecule has 0 aromatic rings. The van der Waals surface area contributed by atoms with Crippen molar-refractivity contribution >= 4 is 5.91 Å². The van der Waals surface area contributed by atoms with E-state index in [1.54, 1.807) is 0 Å². The van der Waals surface area contributed by atoms with E-state index in [0.29, 0.717) is 24.5 Å². The zero-order valence-corrected chi connectivity index (χ0v) is 13.2. The number of carbonyl (C=O) groups is 1. The Morgan fingerprint density at radius 3 is 2.53 bits per heavy atom. The van der Waals surface area contributed by atoms with Crippen molar-refractivity contribution in [2.45, 2.75) is 65.6 Å². The van der Waals surface area contributed by atoms with Crippen molar-refractivity contribution in [2.24, 2.45) is 5.92 Å². The molecule has 0 bridgehead atoms. The lowest BCUT2D eigenvalue weighted by molar-refractivity contribution is -0.124. The highest BCUT2D eigenvalue weighted by atomic mass is 16.2. The van der Waals surface area contributed by atoms with Gasteiger partial charge >= 0.3 is 0 Å². The van der Waals surface area contributed by atoms with Gasteiger partial charge in [-0.1, -0.05) is 27.7 Å². The van der Waals surface area contributed by atoms with Gasteiger partial charge in [-0.25, -0.2) is 0 Å². The molecule has 19 heavy (non-hydrogen) atoms. The maximum Gasteiger partial charge on any atom is 0.234 e. The third-order valence-electron chi connectivity index (χ3n) is 4.31. The first-order chi connectivity index (χ1) is 8.97. The Kier molecular flexibility index (Phi) is 6.80. The molecule has 112 valence electrons. The van der Waals surface area contributed by atoms with Crippen LogP contribution in [0.5, 0.6) is 0 Å². The lowest BCUT2D eigenvalue weighted by atomic mass is 10.0. The number of hydrogen-bond donors (Lipinski definition) is 2. The van der Waals surface area contributed by atoms with Gasteiger partial charge in [0, 0.05) is 31.2 Å². The minimum atomic E-state index is 0.163. The average molecular weight is 269 g/mol. The Morgan fingerprint density at radius 1 is 1.32 bits per heavy atom. The van der Waals surface area contributed by atoms with E-state index in [1.165, 1.54) is 0 Å². The molecule has 0 aliphatic carbocycles. The number of rotatable bonds is 6. The van der Waals surface area contributed by atoms with Crippen LogP contribution in [0.2, 0.25) is 0 Å². The van der Waals surface area contributed by atoms with Gasteiger partial charge in [0.15, 0.2) is 0 Å². The van der Waals surface area contributed by atoms with Crippen LogP contribution in [0.25, 0.3) is 0 Å². The first-order valence-electron chi connectivity index (χ1n) is 7.74. The topological polar surface area (TPSA) is 44.4 Å². The van der Waals surface area contributed by atoms with Crippen LogP contribution >= 0.6 is 0 Å². The summed E-state index contributed by atoms with van der Waals surface area (Å²) in [6, 6.07) is 1.26. The molecule has 0 saturated carbocycles. The number of piperazine rings is 1. The van der Waals surface area contributed by atoms with Crippen LogP contribution < -0.4 is 10.6 Å². The largest absolute Gasteiger partial charge is 0.352 e. The molecule has 0 spiro atoms. The fraction of sp³-hybridized carbons (Fsp3) is 0.933. The Balaban J connectivity index is 2.49. The minimum absolute atomic E-state index is 0.163. The van der Waals surface area contributed by atoms with E-state index in [4.69, 9.17) is 0 Å². The third kappa shape index (κ3) is 5.11. The molecule has 3 atom stereocenters. The van der Waals surface area contributed by atoms with E-state index >= 15 is 0 Å². The fourth-order valence-corrected chi connectivity index (χ4v) is 2.45. The molecule has 2 N–H and O–H groups in total. The van der Waals surface area contributed by atoms with Crippen LogP contribution in [-0.4, -0.2) is 48.6 Å². The lowest BCUT2D eigenvalue weighted by Crippen LogP contribution is -2.58. The zero-order valence-electron chi connectivity index (χ0n) is 13.2. The summed E-state index contributed by atoms with van der Waals surface area (Å²) in [5.74, 6) is 0.647. The highest BCUT2D eigenvalue weighted by Crippen LogP contribution is 2.11. The van der Waals surface area contributed by atoms with Crippen molar-refractivity contribution in [3.8, 4) is 0 Å².